The minimum Gasteiger partial charge on any atom is -0.366 e. The van der Waals surface area contributed by atoms with Gasteiger partial charge >= 0.3 is 0 Å². The number of carbonyl (C=O) groups is 2. The van der Waals surface area contributed by atoms with Crippen molar-refractivity contribution in [2.75, 3.05) is 19.6 Å². The maximum Gasteiger partial charge on any atom is 0.277 e. The monoisotopic (exact) mass is 326 g/mol. The lowest BCUT2D eigenvalue weighted by atomic mass is 10.0. The molecule has 2 aliphatic heterocycles. The van der Waals surface area contributed by atoms with Crippen molar-refractivity contribution in [1.29, 1.82) is 0 Å². The molecule has 24 heavy (non-hydrogen) atoms. The first-order chi connectivity index (χ1) is 11.7. The molecule has 2 amide bonds. The number of imide groups is 1. The van der Waals surface area contributed by atoms with Crippen LogP contribution in [0.1, 0.15) is 51.0 Å². The van der Waals surface area contributed by atoms with E-state index < -0.39 is 0 Å². The lowest BCUT2D eigenvalue weighted by Gasteiger charge is -2.29. The summed E-state index contributed by atoms with van der Waals surface area (Å²) < 4.78 is 0. The molecule has 0 saturated carbocycles. The van der Waals surface area contributed by atoms with E-state index in [0.29, 0.717) is 17.8 Å². The molecule has 1 aromatic rings. The molecule has 1 aromatic carbocycles. The molecule has 0 unspecified atom stereocenters. The predicted octanol–water partition coefficient (Wildman–Crippen LogP) is 3.44. The zero-order valence-corrected chi connectivity index (χ0v) is 14.5. The standard InChI is InChI=1S/C20H26N2O2/c1-2-3-8-15-22-19(23)17(16-11-6-4-7-12-16)18(20(22)24)21-13-9-5-10-14-21/h4,6-7,11-12H,2-3,5,8-10,13-15H2,1H3. The number of nitrogens with zero attached hydrogens (tertiary/aromatic N) is 2. The van der Waals surface area contributed by atoms with Gasteiger partial charge in [0.05, 0.1) is 5.57 Å². The summed E-state index contributed by atoms with van der Waals surface area (Å²) in [6.45, 7) is 4.39. The molecule has 0 atom stereocenters. The van der Waals surface area contributed by atoms with Crippen LogP contribution in [0, 0.1) is 0 Å². The van der Waals surface area contributed by atoms with E-state index in [1.54, 1.807) is 0 Å². The normalized spacial score (nSPS) is 18.7. The van der Waals surface area contributed by atoms with Gasteiger partial charge in [0.25, 0.3) is 11.8 Å². The fraction of sp³-hybridized carbons (Fsp3) is 0.500. The van der Waals surface area contributed by atoms with E-state index in [9.17, 15) is 9.59 Å². The zero-order chi connectivity index (χ0) is 16.9. The summed E-state index contributed by atoms with van der Waals surface area (Å²) in [6, 6.07) is 9.65. The van der Waals surface area contributed by atoms with E-state index in [4.69, 9.17) is 0 Å². The van der Waals surface area contributed by atoms with Crippen LogP contribution >= 0.6 is 0 Å². The summed E-state index contributed by atoms with van der Waals surface area (Å²) in [5, 5.41) is 0. The Kier molecular flexibility index (Phi) is 5.34. The Morgan fingerprint density at radius 3 is 2.29 bits per heavy atom. The second-order valence-electron chi connectivity index (χ2n) is 6.61. The number of likely N-dealkylation sites (tertiary alicyclic amines) is 1. The highest BCUT2D eigenvalue weighted by Crippen LogP contribution is 2.33. The van der Waals surface area contributed by atoms with E-state index in [2.05, 4.69) is 11.8 Å². The van der Waals surface area contributed by atoms with Gasteiger partial charge in [-0.2, -0.15) is 0 Å². The molecular weight excluding hydrogens is 300 g/mol. The van der Waals surface area contributed by atoms with Crippen molar-refractivity contribution in [3.8, 4) is 0 Å². The van der Waals surface area contributed by atoms with E-state index in [0.717, 1.165) is 50.8 Å². The number of rotatable bonds is 6. The molecule has 2 heterocycles. The van der Waals surface area contributed by atoms with Gasteiger partial charge < -0.3 is 4.90 Å². The van der Waals surface area contributed by atoms with Crippen molar-refractivity contribution in [1.82, 2.24) is 9.80 Å². The van der Waals surface area contributed by atoms with Crippen molar-refractivity contribution in [2.45, 2.75) is 45.4 Å². The Morgan fingerprint density at radius 2 is 1.62 bits per heavy atom. The van der Waals surface area contributed by atoms with Gasteiger partial charge in [-0.05, 0) is 31.2 Å². The van der Waals surface area contributed by atoms with Crippen molar-refractivity contribution in [2.24, 2.45) is 0 Å². The molecule has 4 nitrogen and oxygen atoms in total. The Labute approximate surface area is 144 Å². The molecule has 128 valence electrons. The van der Waals surface area contributed by atoms with Crippen molar-refractivity contribution in [3.05, 3.63) is 41.6 Å². The van der Waals surface area contributed by atoms with Crippen LogP contribution in [0.3, 0.4) is 0 Å². The fourth-order valence-electron chi connectivity index (χ4n) is 3.56. The first-order valence-electron chi connectivity index (χ1n) is 9.15. The van der Waals surface area contributed by atoms with Crippen LogP contribution in [0.4, 0.5) is 0 Å². The van der Waals surface area contributed by atoms with Gasteiger partial charge in [0, 0.05) is 19.6 Å². The topological polar surface area (TPSA) is 40.6 Å². The van der Waals surface area contributed by atoms with Crippen LogP contribution in [0.25, 0.3) is 5.57 Å². The molecule has 2 aliphatic rings. The van der Waals surface area contributed by atoms with Crippen LogP contribution in [0.5, 0.6) is 0 Å². The van der Waals surface area contributed by atoms with Crippen molar-refractivity contribution in [3.63, 3.8) is 0 Å². The Morgan fingerprint density at radius 1 is 0.917 bits per heavy atom. The molecule has 0 aliphatic carbocycles. The highest BCUT2D eigenvalue weighted by Gasteiger charge is 2.41. The van der Waals surface area contributed by atoms with Gasteiger partial charge in [0.1, 0.15) is 5.70 Å². The number of amides is 2. The second kappa shape index (κ2) is 7.65. The Bertz CT molecular complexity index is 630. The fourth-order valence-corrected chi connectivity index (χ4v) is 3.56. The van der Waals surface area contributed by atoms with Gasteiger partial charge in [-0.15, -0.1) is 0 Å². The molecule has 1 fully saturated rings. The molecule has 3 rings (SSSR count). The smallest absolute Gasteiger partial charge is 0.277 e. The predicted molar refractivity (Wildman–Crippen MR) is 95.0 cm³/mol. The summed E-state index contributed by atoms with van der Waals surface area (Å²) in [4.78, 5) is 29.6. The summed E-state index contributed by atoms with van der Waals surface area (Å²) in [5.41, 5.74) is 2.08. The van der Waals surface area contributed by atoms with Gasteiger partial charge in [0.2, 0.25) is 0 Å². The number of carbonyl (C=O) groups excluding carboxylic acids is 2. The van der Waals surface area contributed by atoms with E-state index in [1.165, 1.54) is 11.3 Å². The first-order valence-corrected chi connectivity index (χ1v) is 9.15. The van der Waals surface area contributed by atoms with Gasteiger partial charge in [0.15, 0.2) is 0 Å². The van der Waals surface area contributed by atoms with E-state index in [-0.39, 0.29) is 11.8 Å². The van der Waals surface area contributed by atoms with Crippen molar-refractivity contribution >= 4 is 17.4 Å². The summed E-state index contributed by atoms with van der Waals surface area (Å²) >= 11 is 0. The first kappa shape index (κ1) is 16.7. The second-order valence-corrected chi connectivity index (χ2v) is 6.61. The number of hydrogen-bond acceptors (Lipinski definition) is 3. The summed E-state index contributed by atoms with van der Waals surface area (Å²) in [6.07, 6.45) is 6.37. The lowest BCUT2D eigenvalue weighted by molar-refractivity contribution is -0.137. The SMILES string of the molecule is CCCCCN1C(=O)C(c2ccccc2)=C(N2CCCCC2)C1=O. The van der Waals surface area contributed by atoms with Crippen LogP contribution in [-0.4, -0.2) is 41.2 Å². The molecule has 0 aromatic heterocycles. The third-order valence-corrected chi connectivity index (χ3v) is 4.86. The molecule has 0 spiro atoms. The molecule has 4 heteroatoms. The highest BCUT2D eigenvalue weighted by atomic mass is 16.2. The van der Waals surface area contributed by atoms with Crippen LogP contribution in [-0.2, 0) is 9.59 Å². The minimum absolute atomic E-state index is 0.100. The van der Waals surface area contributed by atoms with Crippen molar-refractivity contribution < 1.29 is 9.59 Å². The lowest BCUT2D eigenvalue weighted by Crippen LogP contribution is -2.37. The minimum atomic E-state index is -0.122. The average Bonchev–Trinajstić information content (AvgIpc) is 2.88. The maximum atomic E-state index is 13.0. The van der Waals surface area contributed by atoms with E-state index >= 15 is 0 Å². The third-order valence-electron chi connectivity index (χ3n) is 4.86. The summed E-state index contributed by atoms with van der Waals surface area (Å²) in [5.74, 6) is -0.222. The quantitative estimate of drug-likeness (QED) is 0.594. The Balaban J connectivity index is 1.94. The van der Waals surface area contributed by atoms with Crippen LogP contribution in [0.2, 0.25) is 0 Å². The molecule has 0 radical (unpaired) electrons. The number of benzene rings is 1. The summed E-state index contributed by atoms with van der Waals surface area (Å²) in [7, 11) is 0. The highest BCUT2D eigenvalue weighted by molar-refractivity contribution is 6.35. The zero-order valence-electron chi connectivity index (χ0n) is 14.5. The number of piperidine rings is 1. The van der Waals surface area contributed by atoms with Gasteiger partial charge in [-0.3, -0.25) is 14.5 Å². The average molecular weight is 326 g/mol. The Hall–Kier alpha value is -2.10. The third kappa shape index (κ3) is 3.23. The van der Waals surface area contributed by atoms with Crippen LogP contribution < -0.4 is 0 Å². The van der Waals surface area contributed by atoms with Gasteiger partial charge in [-0.25, -0.2) is 0 Å². The molecule has 0 N–H and O–H groups in total. The van der Waals surface area contributed by atoms with Gasteiger partial charge in [-0.1, -0.05) is 50.1 Å². The molecular formula is C20H26N2O2. The number of hydrogen-bond donors (Lipinski definition) is 0. The maximum absolute atomic E-state index is 13.0. The van der Waals surface area contributed by atoms with E-state index in [1.807, 2.05) is 30.3 Å². The molecule has 0 bridgehead atoms. The molecule has 1 saturated heterocycles. The largest absolute Gasteiger partial charge is 0.366 e. The number of unbranched alkanes of at least 4 members (excludes halogenated alkanes) is 2. The van der Waals surface area contributed by atoms with Crippen LogP contribution in [0.15, 0.2) is 36.0 Å².